The first-order valence-electron chi connectivity index (χ1n) is 8.74. The van der Waals surface area contributed by atoms with E-state index in [1.807, 2.05) is 13.0 Å². The van der Waals surface area contributed by atoms with Crippen molar-refractivity contribution in [1.82, 2.24) is 25.1 Å². The molecule has 27 heavy (non-hydrogen) atoms. The molecule has 0 amide bonds. The Bertz CT molecular complexity index is 970. The van der Waals surface area contributed by atoms with Crippen LogP contribution in [-0.2, 0) is 0 Å². The van der Waals surface area contributed by atoms with Crippen LogP contribution >= 0.6 is 11.6 Å². The number of rotatable bonds is 6. The maximum atomic E-state index is 13.4. The minimum absolute atomic E-state index is 0.204. The average molecular weight is 388 g/mol. The number of aromatic amines is 1. The van der Waals surface area contributed by atoms with Crippen LogP contribution < -0.4 is 10.6 Å². The van der Waals surface area contributed by atoms with Gasteiger partial charge >= 0.3 is 0 Å². The maximum absolute atomic E-state index is 13.4. The molecule has 1 saturated carbocycles. The van der Waals surface area contributed by atoms with Crippen molar-refractivity contribution < 1.29 is 4.39 Å². The monoisotopic (exact) mass is 387 g/mol. The highest BCUT2D eigenvalue weighted by Gasteiger charge is 2.25. The summed E-state index contributed by atoms with van der Waals surface area (Å²) in [6.07, 6.45) is 3.90. The minimum Gasteiger partial charge on any atom is -0.346 e. The van der Waals surface area contributed by atoms with E-state index in [-0.39, 0.29) is 11.9 Å². The first-order valence-corrected chi connectivity index (χ1v) is 9.12. The molecule has 3 N–H and O–H groups in total. The summed E-state index contributed by atoms with van der Waals surface area (Å²) in [7, 11) is 0. The van der Waals surface area contributed by atoms with Gasteiger partial charge in [-0.1, -0.05) is 11.6 Å². The number of hydrogen-bond acceptors (Lipinski definition) is 6. The molecule has 1 fully saturated rings. The molecule has 1 atom stereocenters. The average Bonchev–Trinajstić information content (AvgIpc) is 3.39. The summed E-state index contributed by atoms with van der Waals surface area (Å²) in [4.78, 5) is 12.9. The molecule has 3 aromatic heterocycles. The van der Waals surface area contributed by atoms with Crippen LogP contribution in [0.5, 0.6) is 0 Å². The lowest BCUT2D eigenvalue weighted by Crippen LogP contribution is -2.12. The highest BCUT2D eigenvalue weighted by atomic mass is 35.5. The molecule has 0 saturated heterocycles. The van der Waals surface area contributed by atoms with Gasteiger partial charge in [0, 0.05) is 17.7 Å². The molecule has 0 unspecified atom stereocenters. The van der Waals surface area contributed by atoms with Crippen LogP contribution in [-0.4, -0.2) is 25.1 Å². The minimum atomic E-state index is -0.329. The highest BCUT2D eigenvalue weighted by molar-refractivity contribution is 6.32. The second-order valence-electron chi connectivity index (χ2n) is 6.67. The van der Waals surface area contributed by atoms with Gasteiger partial charge in [0.1, 0.15) is 10.8 Å². The molecule has 0 radical (unpaired) electrons. The van der Waals surface area contributed by atoms with E-state index in [0.717, 1.165) is 5.69 Å². The van der Waals surface area contributed by atoms with Gasteiger partial charge in [0.05, 0.1) is 23.6 Å². The van der Waals surface area contributed by atoms with E-state index < -0.39 is 0 Å². The van der Waals surface area contributed by atoms with E-state index in [9.17, 15) is 4.39 Å². The zero-order chi connectivity index (χ0) is 19.0. The summed E-state index contributed by atoms with van der Waals surface area (Å²) in [5.41, 5.74) is 2.17. The van der Waals surface area contributed by atoms with Crippen LogP contribution in [0.15, 0.2) is 24.4 Å². The standard InChI is InChI=1S/C18H19ClFN7/c1-9-13(20)5-6-14(22-9)10(2)23-18-21-8-12(19)17(25-18)24-16-7-15(26-27-16)11-3-4-11/h5-8,10-11H,3-4H2,1-2H3,(H3,21,23,24,25,26,27)/t10-/m1/s1. The van der Waals surface area contributed by atoms with Crippen LogP contribution in [0, 0.1) is 12.7 Å². The fraction of sp³-hybridized carbons (Fsp3) is 0.333. The van der Waals surface area contributed by atoms with Crippen LogP contribution in [0.2, 0.25) is 5.02 Å². The van der Waals surface area contributed by atoms with E-state index in [0.29, 0.717) is 39.9 Å². The summed E-state index contributed by atoms with van der Waals surface area (Å²) in [5.74, 6) is 1.75. The quantitative estimate of drug-likeness (QED) is 0.577. The van der Waals surface area contributed by atoms with E-state index in [1.165, 1.54) is 25.1 Å². The number of aromatic nitrogens is 5. The third-order valence-electron chi connectivity index (χ3n) is 4.44. The second-order valence-corrected chi connectivity index (χ2v) is 7.07. The normalized spacial score (nSPS) is 14.8. The van der Waals surface area contributed by atoms with E-state index >= 15 is 0 Å². The predicted molar refractivity (Wildman–Crippen MR) is 102 cm³/mol. The van der Waals surface area contributed by atoms with Gasteiger partial charge in [-0.3, -0.25) is 10.1 Å². The zero-order valence-electron chi connectivity index (χ0n) is 14.9. The van der Waals surface area contributed by atoms with Crippen molar-refractivity contribution in [2.45, 2.75) is 38.6 Å². The lowest BCUT2D eigenvalue weighted by molar-refractivity contribution is 0.605. The zero-order valence-corrected chi connectivity index (χ0v) is 15.7. The molecule has 3 heterocycles. The van der Waals surface area contributed by atoms with Gasteiger partial charge in [-0.25, -0.2) is 9.37 Å². The van der Waals surface area contributed by atoms with Gasteiger partial charge in [-0.15, -0.1) is 0 Å². The van der Waals surface area contributed by atoms with Crippen molar-refractivity contribution in [3.8, 4) is 0 Å². The van der Waals surface area contributed by atoms with Crippen molar-refractivity contribution in [3.63, 3.8) is 0 Å². The Hall–Kier alpha value is -2.74. The molecular weight excluding hydrogens is 369 g/mol. The molecule has 0 spiro atoms. The number of H-pyrrole nitrogens is 1. The Labute approximate surface area is 160 Å². The largest absolute Gasteiger partial charge is 0.346 e. The molecule has 140 valence electrons. The summed E-state index contributed by atoms with van der Waals surface area (Å²) in [5, 5.41) is 13.9. The number of halogens is 2. The first-order chi connectivity index (χ1) is 13.0. The van der Waals surface area contributed by atoms with Crippen LogP contribution in [0.3, 0.4) is 0 Å². The molecule has 3 aromatic rings. The van der Waals surface area contributed by atoms with Crippen molar-refractivity contribution in [2.75, 3.05) is 10.6 Å². The van der Waals surface area contributed by atoms with Crippen LogP contribution in [0.25, 0.3) is 0 Å². The van der Waals surface area contributed by atoms with Gasteiger partial charge in [-0.2, -0.15) is 10.1 Å². The molecule has 0 aromatic carbocycles. The predicted octanol–water partition coefficient (Wildman–Crippen LogP) is 4.49. The molecule has 1 aliphatic rings. The number of aryl methyl sites for hydroxylation is 1. The molecular formula is C18H19ClFN7. The van der Waals surface area contributed by atoms with Crippen molar-refractivity contribution in [2.24, 2.45) is 0 Å². The smallest absolute Gasteiger partial charge is 0.225 e. The van der Waals surface area contributed by atoms with E-state index in [4.69, 9.17) is 11.6 Å². The van der Waals surface area contributed by atoms with Gasteiger partial charge in [-0.05, 0) is 38.8 Å². The third-order valence-corrected chi connectivity index (χ3v) is 4.71. The molecule has 7 nitrogen and oxygen atoms in total. The van der Waals surface area contributed by atoms with Gasteiger partial charge in [0.2, 0.25) is 5.95 Å². The Morgan fingerprint density at radius 3 is 2.85 bits per heavy atom. The number of nitrogens with zero attached hydrogens (tertiary/aromatic N) is 4. The summed E-state index contributed by atoms with van der Waals surface area (Å²) < 4.78 is 13.4. The number of hydrogen-bond donors (Lipinski definition) is 3. The molecule has 0 bridgehead atoms. The second kappa shape index (κ2) is 7.11. The van der Waals surface area contributed by atoms with Gasteiger partial charge in [0.15, 0.2) is 11.6 Å². The van der Waals surface area contributed by atoms with Gasteiger partial charge < -0.3 is 10.6 Å². The summed E-state index contributed by atoms with van der Waals surface area (Å²) in [6, 6.07) is 4.81. The first kappa shape index (κ1) is 17.7. The molecule has 4 rings (SSSR count). The lowest BCUT2D eigenvalue weighted by Gasteiger charge is -2.15. The van der Waals surface area contributed by atoms with Gasteiger partial charge in [0.25, 0.3) is 0 Å². The van der Waals surface area contributed by atoms with Crippen LogP contribution in [0.1, 0.15) is 48.8 Å². The fourth-order valence-electron chi connectivity index (χ4n) is 2.72. The lowest BCUT2D eigenvalue weighted by atomic mass is 10.2. The van der Waals surface area contributed by atoms with Crippen molar-refractivity contribution >= 4 is 29.2 Å². The number of nitrogens with one attached hydrogen (secondary N) is 3. The SMILES string of the molecule is Cc1nc([C@@H](C)Nc2ncc(Cl)c(Nc3cc(C4CC4)[nH]n3)n2)ccc1F. The molecule has 1 aliphatic carbocycles. The van der Waals surface area contributed by atoms with E-state index in [2.05, 4.69) is 35.8 Å². The Balaban J connectivity index is 1.49. The Morgan fingerprint density at radius 2 is 2.11 bits per heavy atom. The fourth-order valence-corrected chi connectivity index (χ4v) is 2.86. The highest BCUT2D eigenvalue weighted by Crippen LogP contribution is 2.39. The Kier molecular flexibility index (Phi) is 4.65. The van der Waals surface area contributed by atoms with Crippen LogP contribution in [0.4, 0.5) is 22.0 Å². The Morgan fingerprint density at radius 1 is 1.30 bits per heavy atom. The topological polar surface area (TPSA) is 91.4 Å². The summed E-state index contributed by atoms with van der Waals surface area (Å²) >= 11 is 6.21. The van der Waals surface area contributed by atoms with Crippen molar-refractivity contribution in [3.05, 3.63) is 52.3 Å². The van der Waals surface area contributed by atoms with Crippen molar-refractivity contribution in [1.29, 1.82) is 0 Å². The number of pyridine rings is 1. The summed E-state index contributed by atoms with van der Waals surface area (Å²) in [6.45, 7) is 3.53. The molecule has 0 aliphatic heterocycles. The molecule has 9 heteroatoms. The van der Waals surface area contributed by atoms with E-state index in [1.54, 1.807) is 13.0 Å². The number of anilines is 3. The third kappa shape index (κ3) is 4.00. The maximum Gasteiger partial charge on any atom is 0.225 e.